The van der Waals surface area contributed by atoms with E-state index >= 15 is 0 Å². The minimum atomic E-state index is -0.794. The Morgan fingerprint density at radius 1 is 0.453 bits per heavy atom. The molecule has 5 nitrogen and oxygen atoms in total. The lowest BCUT2D eigenvalue weighted by molar-refractivity contribution is -0.161. The second kappa shape index (κ2) is 43.0. The van der Waals surface area contributed by atoms with Crippen molar-refractivity contribution in [2.24, 2.45) is 0 Å². The first-order valence-corrected chi connectivity index (χ1v) is 20.9. The zero-order valence-electron chi connectivity index (χ0n) is 33.7. The fourth-order valence-corrected chi connectivity index (χ4v) is 5.16. The molecule has 0 aromatic rings. The fraction of sp³-hybridized carbons (Fsp3) is 0.583. The molecule has 0 bridgehead atoms. The van der Waals surface area contributed by atoms with Gasteiger partial charge < -0.3 is 14.6 Å². The van der Waals surface area contributed by atoms with Gasteiger partial charge in [0.2, 0.25) is 0 Å². The molecule has 1 unspecified atom stereocenters. The number of rotatable bonds is 36. The molecule has 0 radical (unpaired) electrons. The molecule has 0 fully saturated rings. The van der Waals surface area contributed by atoms with E-state index in [1.165, 1.54) is 19.3 Å². The highest BCUT2D eigenvalue weighted by molar-refractivity contribution is 5.70. The van der Waals surface area contributed by atoms with Gasteiger partial charge in [0.25, 0.3) is 0 Å². The van der Waals surface area contributed by atoms with Crippen LogP contribution in [0.15, 0.2) is 109 Å². The van der Waals surface area contributed by atoms with Crippen molar-refractivity contribution in [2.45, 2.75) is 168 Å². The lowest BCUT2D eigenvalue weighted by Gasteiger charge is -2.15. The molecule has 0 spiro atoms. The highest BCUT2D eigenvalue weighted by Gasteiger charge is 2.16. The Labute approximate surface area is 325 Å². The molecule has 1 N–H and O–H groups in total. The van der Waals surface area contributed by atoms with Gasteiger partial charge >= 0.3 is 11.9 Å². The van der Waals surface area contributed by atoms with Crippen LogP contribution < -0.4 is 0 Å². The number of esters is 2. The summed E-state index contributed by atoms with van der Waals surface area (Å²) in [5.74, 6) is -0.645. The smallest absolute Gasteiger partial charge is 0.306 e. The highest BCUT2D eigenvalue weighted by atomic mass is 16.6. The van der Waals surface area contributed by atoms with E-state index in [-0.39, 0.29) is 25.2 Å². The molecule has 0 aliphatic rings. The van der Waals surface area contributed by atoms with Crippen LogP contribution >= 0.6 is 0 Å². The van der Waals surface area contributed by atoms with E-state index in [2.05, 4.69) is 123 Å². The third-order valence-electron chi connectivity index (χ3n) is 8.28. The zero-order valence-corrected chi connectivity index (χ0v) is 33.7. The van der Waals surface area contributed by atoms with Crippen LogP contribution in [-0.2, 0) is 19.1 Å². The standard InChI is InChI=1S/C48H76O5/c1-3-5-7-9-11-13-15-16-17-18-19-20-21-22-23-24-25-26-27-28-29-30-31-32-33-35-37-39-41-43-48(51)53-46(44-49)45-52-47(50)42-40-38-36-34-14-12-10-8-6-4-2/h5,7-8,10-11,13,16-17,19-20,22-23,25-26,28-29,31-32,46,49H,3-4,6,9,12,14-15,18,21,24,27,30,33-45H2,1-2H3/b7-5-,10-8-,13-11-,17-16-,20-19-,23-22-,26-25-,29-28-,32-31-. The Kier molecular flexibility index (Phi) is 40.2. The monoisotopic (exact) mass is 733 g/mol. The van der Waals surface area contributed by atoms with Gasteiger partial charge in [0.05, 0.1) is 6.61 Å². The van der Waals surface area contributed by atoms with Crippen molar-refractivity contribution in [3.05, 3.63) is 109 Å². The van der Waals surface area contributed by atoms with Gasteiger partial charge in [-0.05, 0) is 96.3 Å². The Morgan fingerprint density at radius 3 is 1.25 bits per heavy atom. The second-order valence-corrected chi connectivity index (χ2v) is 13.3. The number of carbonyl (C=O) groups is 2. The largest absolute Gasteiger partial charge is 0.462 e. The van der Waals surface area contributed by atoms with Crippen LogP contribution in [0.4, 0.5) is 0 Å². The molecule has 53 heavy (non-hydrogen) atoms. The maximum atomic E-state index is 12.2. The van der Waals surface area contributed by atoms with Crippen LogP contribution in [0.2, 0.25) is 0 Å². The maximum absolute atomic E-state index is 12.2. The number of hydrogen-bond donors (Lipinski definition) is 1. The van der Waals surface area contributed by atoms with Crippen molar-refractivity contribution >= 4 is 11.9 Å². The summed E-state index contributed by atoms with van der Waals surface area (Å²) in [5, 5.41) is 9.54. The predicted molar refractivity (Wildman–Crippen MR) is 228 cm³/mol. The van der Waals surface area contributed by atoms with E-state index in [1.807, 2.05) is 0 Å². The summed E-state index contributed by atoms with van der Waals surface area (Å²) in [4.78, 5) is 24.2. The van der Waals surface area contributed by atoms with E-state index in [0.29, 0.717) is 12.8 Å². The van der Waals surface area contributed by atoms with Gasteiger partial charge in [0, 0.05) is 12.8 Å². The molecule has 0 aromatic heterocycles. The summed E-state index contributed by atoms with van der Waals surface area (Å²) in [6.45, 7) is 3.90. The predicted octanol–water partition coefficient (Wildman–Crippen LogP) is 13.5. The van der Waals surface area contributed by atoms with Gasteiger partial charge in [-0.15, -0.1) is 0 Å². The van der Waals surface area contributed by atoms with Crippen LogP contribution in [-0.4, -0.2) is 36.4 Å². The Balaban J connectivity index is 3.69. The maximum Gasteiger partial charge on any atom is 0.306 e. The van der Waals surface area contributed by atoms with Crippen molar-refractivity contribution in [3.8, 4) is 0 Å². The molecular weight excluding hydrogens is 657 g/mol. The SMILES string of the molecule is CC/C=C\C/C=C\C/C=C\C/C=C\C/C=C\C/C=C\C/C=C\C/C=C\CCCCCCC(=O)OC(CO)COC(=O)CCCCCCC/C=C\CCC. The molecular formula is C48H76O5. The van der Waals surface area contributed by atoms with Gasteiger partial charge in [-0.1, -0.05) is 162 Å². The average Bonchev–Trinajstić information content (AvgIpc) is 3.16. The van der Waals surface area contributed by atoms with E-state index in [9.17, 15) is 14.7 Å². The lowest BCUT2D eigenvalue weighted by atomic mass is 10.1. The van der Waals surface area contributed by atoms with E-state index in [0.717, 1.165) is 116 Å². The third-order valence-corrected chi connectivity index (χ3v) is 8.28. The minimum Gasteiger partial charge on any atom is -0.462 e. The Bertz CT molecular complexity index is 1100. The second-order valence-electron chi connectivity index (χ2n) is 13.3. The quantitative estimate of drug-likeness (QED) is 0.0394. The van der Waals surface area contributed by atoms with Crippen LogP contribution in [0.1, 0.15) is 162 Å². The molecule has 0 rings (SSSR count). The average molecular weight is 733 g/mol. The van der Waals surface area contributed by atoms with Gasteiger partial charge in [-0.25, -0.2) is 0 Å². The van der Waals surface area contributed by atoms with E-state index in [4.69, 9.17) is 9.47 Å². The van der Waals surface area contributed by atoms with Crippen molar-refractivity contribution in [1.82, 2.24) is 0 Å². The van der Waals surface area contributed by atoms with Crippen molar-refractivity contribution in [1.29, 1.82) is 0 Å². The molecule has 5 heteroatoms. The highest BCUT2D eigenvalue weighted by Crippen LogP contribution is 2.11. The number of unbranched alkanes of at least 4 members (excludes halogenated alkanes) is 10. The van der Waals surface area contributed by atoms with Crippen LogP contribution in [0.5, 0.6) is 0 Å². The molecule has 0 saturated heterocycles. The number of aliphatic hydroxyl groups is 1. The van der Waals surface area contributed by atoms with Gasteiger partial charge in [0.15, 0.2) is 6.10 Å². The number of hydrogen-bond acceptors (Lipinski definition) is 5. The first-order valence-electron chi connectivity index (χ1n) is 20.9. The molecule has 0 aliphatic heterocycles. The minimum absolute atomic E-state index is 0.0881. The number of aliphatic hydroxyl groups excluding tert-OH is 1. The molecule has 0 aromatic carbocycles. The van der Waals surface area contributed by atoms with E-state index in [1.54, 1.807) is 0 Å². The van der Waals surface area contributed by atoms with Gasteiger partial charge in [0.1, 0.15) is 6.61 Å². The zero-order chi connectivity index (χ0) is 38.6. The van der Waals surface area contributed by atoms with Crippen molar-refractivity contribution in [2.75, 3.05) is 13.2 Å². The summed E-state index contributed by atoms with van der Waals surface area (Å²) >= 11 is 0. The Morgan fingerprint density at radius 2 is 0.811 bits per heavy atom. The molecule has 0 amide bonds. The number of ether oxygens (including phenoxy) is 2. The molecule has 1 atom stereocenters. The van der Waals surface area contributed by atoms with Crippen LogP contribution in [0.25, 0.3) is 0 Å². The normalized spacial score (nSPS) is 13.3. The number of carbonyl (C=O) groups excluding carboxylic acids is 2. The van der Waals surface area contributed by atoms with Gasteiger partial charge in [-0.2, -0.15) is 0 Å². The summed E-state index contributed by atoms with van der Waals surface area (Å²) < 4.78 is 10.6. The fourth-order valence-electron chi connectivity index (χ4n) is 5.16. The lowest BCUT2D eigenvalue weighted by Crippen LogP contribution is -2.28. The molecule has 298 valence electrons. The van der Waals surface area contributed by atoms with Crippen LogP contribution in [0, 0.1) is 0 Å². The third kappa shape index (κ3) is 41.2. The van der Waals surface area contributed by atoms with E-state index < -0.39 is 6.10 Å². The number of allylic oxidation sites excluding steroid dienone is 18. The molecule has 0 aliphatic carbocycles. The van der Waals surface area contributed by atoms with Crippen LogP contribution in [0.3, 0.4) is 0 Å². The van der Waals surface area contributed by atoms with Crippen molar-refractivity contribution < 1.29 is 24.2 Å². The van der Waals surface area contributed by atoms with Gasteiger partial charge in [-0.3, -0.25) is 9.59 Å². The first kappa shape index (κ1) is 49.6. The first-order chi connectivity index (χ1) is 26.1. The molecule has 0 heterocycles. The summed E-state index contributed by atoms with van der Waals surface area (Å²) in [5.41, 5.74) is 0. The van der Waals surface area contributed by atoms with Crippen molar-refractivity contribution in [3.63, 3.8) is 0 Å². The topological polar surface area (TPSA) is 72.8 Å². The summed E-state index contributed by atoms with van der Waals surface area (Å²) in [7, 11) is 0. The Hall–Kier alpha value is -3.44. The molecule has 0 saturated carbocycles. The summed E-state index contributed by atoms with van der Waals surface area (Å²) in [6.07, 6.45) is 61.6. The summed E-state index contributed by atoms with van der Waals surface area (Å²) in [6, 6.07) is 0.